The number of carbonyl (C=O) groups excluding carboxylic acids is 4. The summed E-state index contributed by atoms with van der Waals surface area (Å²) in [6.07, 6.45) is 7.14. The minimum Gasteiger partial charge on any atom is -1.00 e. The second kappa shape index (κ2) is 23.8. The van der Waals surface area contributed by atoms with Crippen LogP contribution in [0, 0.1) is 10.8 Å². The van der Waals surface area contributed by atoms with Crippen LogP contribution >= 0.6 is 62.7 Å². The summed E-state index contributed by atoms with van der Waals surface area (Å²) in [6, 6.07) is 13.8. The molecule has 4 rings (SSSR count). The molecular formula is C33H47BBr2IKN2O4P. The van der Waals surface area contributed by atoms with Crippen LogP contribution in [0.4, 0.5) is 0 Å². The van der Waals surface area contributed by atoms with Gasteiger partial charge in [-0.25, -0.2) is 0 Å². The number of rotatable bonds is 9. The third-order valence-electron chi connectivity index (χ3n) is 6.42. The molecule has 4 amide bonds. The van der Waals surface area contributed by atoms with Crippen molar-refractivity contribution in [1.82, 2.24) is 10.2 Å². The molecule has 0 fully saturated rings. The van der Waals surface area contributed by atoms with E-state index in [1.54, 1.807) is 48.5 Å². The van der Waals surface area contributed by atoms with Crippen molar-refractivity contribution < 1.29 is 72.0 Å². The Labute approximate surface area is 347 Å². The van der Waals surface area contributed by atoms with E-state index in [2.05, 4.69) is 106 Å². The number of amides is 4. The van der Waals surface area contributed by atoms with Crippen molar-refractivity contribution in [2.24, 2.45) is 10.8 Å². The maximum atomic E-state index is 12.1. The van der Waals surface area contributed by atoms with E-state index in [-0.39, 0.29) is 81.9 Å². The number of nitrogens with zero attached hydrogens (tertiary/aromatic N) is 1. The first-order valence-corrected chi connectivity index (χ1v) is 19.6. The summed E-state index contributed by atoms with van der Waals surface area (Å²) in [5.41, 5.74) is 2.78. The van der Waals surface area contributed by atoms with Gasteiger partial charge in [0.2, 0.25) is 4.86 Å². The predicted octanol–water partition coefficient (Wildman–Crippen LogP) is 6.42. The topological polar surface area (TPSA) is 83.6 Å². The summed E-state index contributed by atoms with van der Waals surface area (Å²) in [5, 5.41) is 4.50. The number of imide groups is 2. The molecule has 1 N–H and O–H groups in total. The van der Waals surface area contributed by atoms with E-state index in [9.17, 15) is 19.2 Å². The number of hydrogen-bond donors (Lipinski definition) is 1. The van der Waals surface area contributed by atoms with Crippen LogP contribution in [0.3, 0.4) is 0 Å². The second-order valence-corrected chi connectivity index (χ2v) is 17.3. The zero-order chi connectivity index (χ0) is 33.3. The van der Waals surface area contributed by atoms with Crippen molar-refractivity contribution in [3.05, 3.63) is 70.8 Å². The molecule has 2 aromatic rings. The molecule has 45 heavy (non-hydrogen) atoms. The van der Waals surface area contributed by atoms with Crippen LogP contribution in [0.1, 0.15) is 117 Å². The van der Waals surface area contributed by atoms with Gasteiger partial charge in [-0.05, 0) is 73.4 Å². The van der Waals surface area contributed by atoms with Crippen LogP contribution in [0.2, 0.25) is 0 Å². The number of carbonyl (C=O) groups is 4. The van der Waals surface area contributed by atoms with Crippen LogP contribution in [0.5, 0.6) is 0 Å². The quantitative estimate of drug-likeness (QED) is 0.0788. The number of nitrogens with one attached hydrogen (secondary N) is 1. The van der Waals surface area contributed by atoms with Crippen molar-refractivity contribution in [3.8, 4) is 0 Å². The van der Waals surface area contributed by atoms with Crippen LogP contribution in [-0.2, 0) is 0 Å². The minimum atomic E-state index is -0.300. The van der Waals surface area contributed by atoms with E-state index >= 15 is 0 Å². The third-order valence-corrected chi connectivity index (χ3v) is 9.66. The summed E-state index contributed by atoms with van der Waals surface area (Å²) >= 11 is 9.07. The van der Waals surface area contributed by atoms with Gasteiger partial charge in [-0.15, -0.1) is 8.46 Å². The van der Waals surface area contributed by atoms with Crippen LogP contribution in [0.15, 0.2) is 48.5 Å². The third kappa shape index (κ3) is 18.2. The molecule has 2 aliphatic heterocycles. The average Bonchev–Trinajstić information content (AvgIpc) is 3.39. The first-order valence-electron chi connectivity index (χ1n) is 14.8. The molecule has 1 atom stereocenters. The van der Waals surface area contributed by atoms with Crippen molar-refractivity contribution >= 4 is 91.2 Å². The van der Waals surface area contributed by atoms with Crippen molar-refractivity contribution in [2.75, 3.05) is 23.4 Å². The van der Waals surface area contributed by atoms with Crippen LogP contribution in [-0.4, -0.2) is 56.8 Å². The largest absolute Gasteiger partial charge is 1.00 e. The van der Waals surface area contributed by atoms with E-state index in [4.69, 9.17) is 0 Å². The maximum Gasteiger partial charge on any atom is 1.00 e. The summed E-state index contributed by atoms with van der Waals surface area (Å²) < 4.78 is 0. The average molecular weight is 903 g/mol. The molecule has 2 aromatic carbocycles. The van der Waals surface area contributed by atoms with E-state index in [0.717, 1.165) is 32.0 Å². The molecule has 1 unspecified atom stereocenters. The van der Waals surface area contributed by atoms with Gasteiger partial charge in [0.25, 0.3) is 23.6 Å². The normalized spacial score (nSPS) is 13.4. The molecule has 2 aliphatic rings. The summed E-state index contributed by atoms with van der Waals surface area (Å²) in [7, 11) is 1.05. The molecule has 0 aliphatic carbocycles. The van der Waals surface area contributed by atoms with Gasteiger partial charge in [0.1, 0.15) is 0 Å². The Morgan fingerprint density at radius 3 is 1.49 bits per heavy atom. The fourth-order valence-electron chi connectivity index (χ4n) is 4.15. The van der Waals surface area contributed by atoms with Crippen molar-refractivity contribution in [1.29, 1.82) is 0 Å². The van der Waals surface area contributed by atoms with Gasteiger partial charge in [-0.2, -0.15) is 22.4 Å². The van der Waals surface area contributed by atoms with Gasteiger partial charge in [0.15, 0.2) is 0 Å². The number of alkyl halides is 2. The maximum absolute atomic E-state index is 12.1. The molecule has 2 heterocycles. The second-order valence-electron chi connectivity index (χ2n) is 12.8. The van der Waals surface area contributed by atoms with Gasteiger partial charge in [0.05, 0.1) is 22.3 Å². The van der Waals surface area contributed by atoms with Gasteiger partial charge in [-0.3, -0.25) is 29.4 Å². The molecule has 0 spiro atoms. The molecule has 243 valence electrons. The first kappa shape index (κ1) is 45.5. The van der Waals surface area contributed by atoms with Crippen molar-refractivity contribution in [3.63, 3.8) is 0 Å². The predicted molar refractivity (Wildman–Crippen MR) is 204 cm³/mol. The van der Waals surface area contributed by atoms with Gasteiger partial charge in [0, 0.05) is 17.2 Å². The van der Waals surface area contributed by atoms with Gasteiger partial charge in [-0.1, -0.05) is 97.7 Å². The number of hydrogen-bond acceptors (Lipinski definition) is 4. The smallest absolute Gasteiger partial charge is 1.00 e. The Morgan fingerprint density at radius 1 is 0.733 bits per heavy atom. The number of benzene rings is 2. The summed E-state index contributed by atoms with van der Waals surface area (Å²) in [4.78, 5) is 49.6. The molecule has 0 bridgehead atoms. The zero-order valence-electron chi connectivity index (χ0n) is 28.8. The number of fused-ring (bicyclic) bond motifs is 2. The van der Waals surface area contributed by atoms with E-state index in [1.165, 1.54) is 30.3 Å². The molecule has 6 nitrogen and oxygen atoms in total. The molecule has 0 aromatic heterocycles. The summed E-state index contributed by atoms with van der Waals surface area (Å²) in [5.74, 6) is -0.898. The molecule has 1 radical (unpaired) electrons. The standard InChI is InChI=1S/C15H19NO2.C8H5NO2.C7H15Br.C3H7BBrIP.K.H/c1-15(2,3)9-6-10-16-13(17)11-7-4-5-8-12(11)14(16)18;10-7-5-3-1-2-4-6(5)8(11)9-7;1-7(2,3)5-4-6-8;5-2-1-3-7-4-6;;/h4-5,7-8H,6,9-10H2,1-3H3;1-4H,(H,9,10,11);4-6H2,1-3H3;7H,1-3H2;;/q;;;;+1;-1. The molecule has 12 heteroatoms. The molecule has 0 saturated carbocycles. The van der Waals surface area contributed by atoms with Gasteiger partial charge < -0.3 is 1.43 Å². The SMILES string of the molecule is BrCCCP[B]I.CC(C)(C)CCCBr.CC(C)(C)CCCN1C(=O)c2ccccc2C1=O.O=C1NC(=O)c2ccccc21.[H-].[K+]. The van der Waals surface area contributed by atoms with E-state index < -0.39 is 0 Å². The Hall–Kier alpha value is 0.541. The fourth-order valence-corrected chi connectivity index (χ4v) is 6.65. The Balaban J connectivity index is 0. The minimum absolute atomic E-state index is 0. The summed E-state index contributed by atoms with van der Waals surface area (Å²) in [6.45, 7) is 13.8. The van der Waals surface area contributed by atoms with Crippen molar-refractivity contribution in [2.45, 2.75) is 73.6 Å². The fraction of sp³-hybridized carbons (Fsp3) is 0.515. The van der Waals surface area contributed by atoms with Crippen LogP contribution in [0.25, 0.3) is 0 Å². The number of halogens is 3. The zero-order valence-corrected chi connectivity index (χ0v) is 37.2. The molecule has 0 saturated heterocycles. The van der Waals surface area contributed by atoms with E-state index in [1.807, 2.05) is 0 Å². The Morgan fingerprint density at radius 2 is 1.13 bits per heavy atom. The Bertz CT molecular complexity index is 1180. The first-order chi connectivity index (χ1) is 20.7. The molecular weight excluding hydrogens is 856 g/mol. The van der Waals surface area contributed by atoms with Gasteiger partial charge >= 0.3 is 51.4 Å². The Kier molecular flexibility index (Phi) is 24.1. The monoisotopic (exact) mass is 901 g/mol. The van der Waals surface area contributed by atoms with Crippen LogP contribution < -0.4 is 56.7 Å². The van der Waals surface area contributed by atoms with E-state index in [0.29, 0.717) is 34.2 Å².